The van der Waals surface area contributed by atoms with Gasteiger partial charge in [-0.2, -0.15) is 0 Å². The molecule has 0 fully saturated rings. The van der Waals surface area contributed by atoms with E-state index >= 15 is 0 Å². The molecule has 1 amide bonds. The smallest absolute Gasteiger partial charge is 0.412 e. The first-order chi connectivity index (χ1) is 8.74. The van der Waals surface area contributed by atoms with Gasteiger partial charge in [0.25, 0.3) is 0 Å². The van der Waals surface area contributed by atoms with Crippen LogP contribution in [0.15, 0.2) is 12.3 Å². The van der Waals surface area contributed by atoms with Crippen LogP contribution in [0.4, 0.5) is 16.2 Å². The van der Waals surface area contributed by atoms with Crippen LogP contribution in [-0.2, 0) is 4.74 Å². The molecule has 1 aromatic heterocycles. The summed E-state index contributed by atoms with van der Waals surface area (Å²) in [6.45, 7) is 5.42. The summed E-state index contributed by atoms with van der Waals surface area (Å²) >= 11 is 0. The number of pyridine rings is 1. The van der Waals surface area contributed by atoms with Crippen molar-refractivity contribution in [2.24, 2.45) is 0 Å². The zero-order chi connectivity index (χ0) is 14.6. The van der Waals surface area contributed by atoms with Crippen molar-refractivity contribution < 1.29 is 14.3 Å². The zero-order valence-electron chi connectivity index (χ0n) is 12.3. The van der Waals surface area contributed by atoms with Gasteiger partial charge in [-0.15, -0.1) is 0 Å². The normalized spacial score (nSPS) is 10.8. The van der Waals surface area contributed by atoms with E-state index < -0.39 is 11.7 Å². The number of amides is 1. The van der Waals surface area contributed by atoms with Crippen molar-refractivity contribution in [2.45, 2.75) is 26.4 Å². The molecule has 0 aromatic carbocycles. The monoisotopic (exact) mass is 267 g/mol. The Bertz CT molecular complexity index is 453. The molecule has 1 heterocycles. The SMILES string of the molecule is COc1nccc(N(C)C)c1NC(=O)OC(C)(C)C. The second kappa shape index (κ2) is 5.77. The molecule has 0 radical (unpaired) electrons. The van der Waals surface area contributed by atoms with Crippen LogP contribution in [-0.4, -0.2) is 37.9 Å². The molecule has 0 unspecified atom stereocenters. The lowest BCUT2D eigenvalue weighted by Gasteiger charge is -2.22. The summed E-state index contributed by atoms with van der Waals surface area (Å²) in [6, 6.07) is 1.79. The Hall–Kier alpha value is -1.98. The number of anilines is 2. The van der Waals surface area contributed by atoms with Gasteiger partial charge >= 0.3 is 6.09 Å². The molecule has 0 saturated heterocycles. The van der Waals surface area contributed by atoms with E-state index in [1.54, 1.807) is 33.0 Å². The molecule has 19 heavy (non-hydrogen) atoms. The fraction of sp³-hybridized carbons (Fsp3) is 0.538. The number of carbonyl (C=O) groups is 1. The van der Waals surface area contributed by atoms with Crippen LogP contribution in [0.1, 0.15) is 20.8 Å². The minimum atomic E-state index is -0.558. The molecule has 6 nitrogen and oxygen atoms in total. The number of ether oxygens (including phenoxy) is 2. The first-order valence-corrected chi connectivity index (χ1v) is 5.95. The van der Waals surface area contributed by atoms with Crippen molar-refractivity contribution in [1.29, 1.82) is 0 Å². The number of hydrogen-bond acceptors (Lipinski definition) is 5. The number of methoxy groups -OCH3 is 1. The summed E-state index contributed by atoms with van der Waals surface area (Å²) in [5.41, 5.74) is 0.722. The Morgan fingerprint density at radius 1 is 1.37 bits per heavy atom. The van der Waals surface area contributed by atoms with Gasteiger partial charge in [0.05, 0.1) is 12.8 Å². The molecule has 1 aromatic rings. The van der Waals surface area contributed by atoms with E-state index in [0.29, 0.717) is 11.6 Å². The molecule has 0 saturated carbocycles. The summed E-state index contributed by atoms with van der Waals surface area (Å²) in [6.07, 6.45) is 1.08. The van der Waals surface area contributed by atoms with Gasteiger partial charge in [0.1, 0.15) is 11.3 Å². The first-order valence-electron chi connectivity index (χ1n) is 5.95. The van der Waals surface area contributed by atoms with Gasteiger partial charge in [-0.05, 0) is 26.8 Å². The number of rotatable bonds is 3. The molecule has 0 atom stereocenters. The maximum atomic E-state index is 11.8. The van der Waals surface area contributed by atoms with Crippen LogP contribution in [0.2, 0.25) is 0 Å². The van der Waals surface area contributed by atoms with Crippen LogP contribution in [0, 0.1) is 0 Å². The third-order valence-electron chi connectivity index (χ3n) is 2.20. The molecule has 106 valence electrons. The van der Waals surface area contributed by atoms with Crippen LogP contribution in [0.25, 0.3) is 0 Å². The minimum Gasteiger partial charge on any atom is -0.479 e. The topological polar surface area (TPSA) is 63.7 Å². The summed E-state index contributed by atoms with van der Waals surface area (Å²) in [5, 5.41) is 2.68. The van der Waals surface area contributed by atoms with Gasteiger partial charge < -0.3 is 14.4 Å². The van der Waals surface area contributed by atoms with Gasteiger partial charge in [0.2, 0.25) is 5.88 Å². The number of nitrogens with zero attached hydrogens (tertiary/aromatic N) is 2. The Morgan fingerprint density at radius 2 is 2.00 bits per heavy atom. The number of aromatic nitrogens is 1. The lowest BCUT2D eigenvalue weighted by atomic mass is 10.2. The van der Waals surface area contributed by atoms with E-state index in [-0.39, 0.29) is 0 Å². The summed E-state index contributed by atoms with van der Waals surface area (Å²) in [7, 11) is 5.24. The molecular formula is C13H21N3O3. The fourth-order valence-corrected chi connectivity index (χ4v) is 1.48. The van der Waals surface area contributed by atoms with Crippen molar-refractivity contribution in [3.05, 3.63) is 12.3 Å². The van der Waals surface area contributed by atoms with Crippen molar-refractivity contribution in [3.8, 4) is 5.88 Å². The quantitative estimate of drug-likeness (QED) is 0.911. The van der Waals surface area contributed by atoms with Gasteiger partial charge in [0.15, 0.2) is 0 Å². The summed E-state index contributed by atoms with van der Waals surface area (Å²) < 4.78 is 10.4. The average Bonchev–Trinajstić information content (AvgIpc) is 2.26. The van der Waals surface area contributed by atoms with E-state index in [0.717, 1.165) is 5.69 Å². The zero-order valence-corrected chi connectivity index (χ0v) is 12.3. The van der Waals surface area contributed by atoms with Gasteiger partial charge in [-0.25, -0.2) is 9.78 Å². The van der Waals surface area contributed by atoms with Crippen LogP contribution in [0.5, 0.6) is 5.88 Å². The second-order valence-corrected chi connectivity index (χ2v) is 5.24. The molecular weight excluding hydrogens is 246 g/mol. The van der Waals surface area contributed by atoms with E-state index in [2.05, 4.69) is 10.3 Å². The molecule has 0 aliphatic carbocycles. The number of carbonyl (C=O) groups excluding carboxylic acids is 1. The maximum absolute atomic E-state index is 11.8. The summed E-state index contributed by atoms with van der Waals surface area (Å²) in [5.74, 6) is 0.344. The van der Waals surface area contributed by atoms with Crippen molar-refractivity contribution >= 4 is 17.5 Å². The predicted octanol–water partition coefficient (Wildman–Crippen LogP) is 2.50. The molecule has 0 spiro atoms. The Morgan fingerprint density at radius 3 is 2.47 bits per heavy atom. The lowest BCUT2D eigenvalue weighted by molar-refractivity contribution is 0.0635. The third-order valence-corrected chi connectivity index (χ3v) is 2.20. The average molecular weight is 267 g/mol. The van der Waals surface area contributed by atoms with E-state index in [1.165, 1.54) is 7.11 Å². The van der Waals surface area contributed by atoms with E-state index in [4.69, 9.17) is 9.47 Å². The Kier molecular flexibility index (Phi) is 4.58. The largest absolute Gasteiger partial charge is 0.479 e. The molecule has 0 aliphatic rings. The lowest BCUT2D eigenvalue weighted by Crippen LogP contribution is -2.28. The molecule has 6 heteroatoms. The van der Waals surface area contributed by atoms with E-state index in [9.17, 15) is 4.79 Å². The fourth-order valence-electron chi connectivity index (χ4n) is 1.48. The molecule has 1 rings (SSSR count). The van der Waals surface area contributed by atoms with Gasteiger partial charge in [-0.1, -0.05) is 0 Å². The van der Waals surface area contributed by atoms with Crippen LogP contribution < -0.4 is 15.0 Å². The second-order valence-electron chi connectivity index (χ2n) is 5.24. The highest BCUT2D eigenvalue weighted by Gasteiger charge is 2.20. The van der Waals surface area contributed by atoms with Crippen LogP contribution in [0.3, 0.4) is 0 Å². The first kappa shape index (κ1) is 15.1. The molecule has 1 N–H and O–H groups in total. The van der Waals surface area contributed by atoms with Crippen molar-refractivity contribution in [2.75, 3.05) is 31.4 Å². The minimum absolute atomic E-state index is 0.344. The molecule has 0 aliphatic heterocycles. The number of nitrogens with one attached hydrogen (secondary N) is 1. The van der Waals surface area contributed by atoms with Gasteiger partial charge in [-0.3, -0.25) is 5.32 Å². The van der Waals surface area contributed by atoms with Crippen molar-refractivity contribution in [3.63, 3.8) is 0 Å². The summed E-state index contributed by atoms with van der Waals surface area (Å²) in [4.78, 5) is 17.8. The standard InChI is InChI=1S/C13H21N3O3/c1-13(2,3)19-12(17)15-10-9(16(4)5)7-8-14-11(10)18-6/h7-8H,1-6H3,(H,15,17). The van der Waals surface area contributed by atoms with Gasteiger partial charge in [0, 0.05) is 20.3 Å². The highest BCUT2D eigenvalue weighted by Crippen LogP contribution is 2.32. The highest BCUT2D eigenvalue weighted by molar-refractivity contribution is 5.92. The highest BCUT2D eigenvalue weighted by atomic mass is 16.6. The third kappa shape index (κ3) is 4.31. The van der Waals surface area contributed by atoms with Crippen molar-refractivity contribution in [1.82, 2.24) is 4.98 Å². The number of hydrogen-bond donors (Lipinski definition) is 1. The maximum Gasteiger partial charge on any atom is 0.412 e. The molecule has 0 bridgehead atoms. The Labute approximate surface area is 113 Å². The Balaban J connectivity index is 3.01. The van der Waals surface area contributed by atoms with E-state index in [1.807, 2.05) is 19.0 Å². The van der Waals surface area contributed by atoms with Crippen LogP contribution >= 0.6 is 0 Å². The predicted molar refractivity (Wildman–Crippen MR) is 75.0 cm³/mol.